The lowest BCUT2D eigenvalue weighted by molar-refractivity contribution is -0.115. The van der Waals surface area contributed by atoms with Crippen molar-refractivity contribution in [3.63, 3.8) is 0 Å². The van der Waals surface area contributed by atoms with Crippen LogP contribution < -0.4 is 10.6 Å². The van der Waals surface area contributed by atoms with E-state index in [9.17, 15) is 9.59 Å². The predicted octanol–water partition coefficient (Wildman–Crippen LogP) is 2.51. The van der Waals surface area contributed by atoms with Crippen LogP contribution in [-0.4, -0.2) is 29.6 Å². The van der Waals surface area contributed by atoms with Crippen LogP contribution in [0.2, 0.25) is 5.02 Å². The van der Waals surface area contributed by atoms with Crippen molar-refractivity contribution in [2.24, 2.45) is 0 Å². The number of hydrogen-bond acceptors (Lipinski definition) is 3. The highest BCUT2D eigenvalue weighted by Crippen LogP contribution is 2.23. The fourth-order valence-corrected chi connectivity index (χ4v) is 2.54. The number of aromatic carboxylic acids is 1. The largest absolute Gasteiger partial charge is 0.478 e. The zero-order valence-corrected chi connectivity index (χ0v) is 11.7. The first-order valence-electron chi connectivity index (χ1n) is 6.62. The summed E-state index contributed by atoms with van der Waals surface area (Å²) in [6.45, 7) is 0.238. The highest BCUT2D eigenvalue weighted by Gasteiger charge is 2.16. The van der Waals surface area contributed by atoms with E-state index in [1.807, 2.05) is 0 Å². The summed E-state index contributed by atoms with van der Waals surface area (Å²) >= 11 is 5.95. The van der Waals surface area contributed by atoms with Gasteiger partial charge in [-0.3, -0.25) is 4.79 Å². The second kappa shape index (κ2) is 6.72. The highest BCUT2D eigenvalue weighted by atomic mass is 35.5. The van der Waals surface area contributed by atoms with Crippen LogP contribution in [0.1, 0.15) is 36.0 Å². The van der Waals surface area contributed by atoms with Crippen molar-refractivity contribution >= 4 is 29.2 Å². The minimum atomic E-state index is -1.05. The molecular weight excluding hydrogens is 280 g/mol. The number of nitrogens with one attached hydrogen (secondary N) is 2. The molecule has 0 bridgehead atoms. The first kappa shape index (κ1) is 14.8. The third-order valence-corrected chi connectivity index (χ3v) is 3.71. The van der Waals surface area contributed by atoms with Crippen LogP contribution >= 0.6 is 11.6 Å². The minimum Gasteiger partial charge on any atom is -0.478 e. The third kappa shape index (κ3) is 3.95. The maximum atomic E-state index is 11.8. The number of benzene rings is 1. The Morgan fingerprint density at radius 2 is 2.00 bits per heavy atom. The lowest BCUT2D eigenvalue weighted by Gasteiger charge is -2.12. The number of carboxylic acid groups (broad SMARTS) is 1. The Hall–Kier alpha value is -1.59. The number of carboxylic acids is 1. The molecule has 3 N–H and O–H groups in total. The molecule has 0 radical (unpaired) electrons. The number of carbonyl (C=O) groups excluding carboxylic acids is 1. The molecule has 0 atom stereocenters. The molecule has 20 heavy (non-hydrogen) atoms. The smallest absolute Gasteiger partial charge is 0.335 e. The van der Waals surface area contributed by atoms with E-state index >= 15 is 0 Å². The topological polar surface area (TPSA) is 78.4 Å². The van der Waals surface area contributed by atoms with E-state index in [0.29, 0.717) is 11.7 Å². The molecule has 5 nitrogen and oxygen atoms in total. The van der Waals surface area contributed by atoms with Gasteiger partial charge < -0.3 is 15.7 Å². The zero-order valence-electron chi connectivity index (χ0n) is 11.0. The van der Waals surface area contributed by atoms with Gasteiger partial charge in [-0.15, -0.1) is 0 Å². The Morgan fingerprint density at radius 1 is 1.30 bits per heavy atom. The van der Waals surface area contributed by atoms with Gasteiger partial charge in [0.25, 0.3) is 0 Å². The second-order valence-corrected chi connectivity index (χ2v) is 5.32. The minimum absolute atomic E-state index is 0.0945. The van der Waals surface area contributed by atoms with Crippen molar-refractivity contribution in [2.75, 3.05) is 11.9 Å². The molecule has 1 amide bonds. The predicted molar refractivity (Wildman–Crippen MR) is 77.3 cm³/mol. The number of anilines is 1. The van der Waals surface area contributed by atoms with Crippen molar-refractivity contribution in [1.82, 2.24) is 5.32 Å². The Labute approximate surface area is 122 Å². The van der Waals surface area contributed by atoms with Crippen molar-refractivity contribution in [3.05, 3.63) is 28.8 Å². The van der Waals surface area contributed by atoms with Crippen molar-refractivity contribution in [1.29, 1.82) is 0 Å². The number of amides is 1. The van der Waals surface area contributed by atoms with Gasteiger partial charge in [0.15, 0.2) is 0 Å². The summed E-state index contributed by atoms with van der Waals surface area (Å²) in [5, 5.41) is 14.9. The van der Waals surface area contributed by atoms with E-state index in [-0.39, 0.29) is 23.0 Å². The highest BCUT2D eigenvalue weighted by molar-refractivity contribution is 6.34. The van der Waals surface area contributed by atoms with Crippen molar-refractivity contribution in [3.8, 4) is 0 Å². The van der Waals surface area contributed by atoms with Gasteiger partial charge in [-0.2, -0.15) is 0 Å². The first-order chi connectivity index (χ1) is 9.56. The van der Waals surface area contributed by atoms with E-state index < -0.39 is 5.97 Å². The molecule has 1 aromatic rings. The first-order valence-corrected chi connectivity index (χ1v) is 7.00. The normalized spacial score (nSPS) is 15.2. The molecule has 1 aliphatic rings. The fourth-order valence-electron chi connectivity index (χ4n) is 2.31. The van der Waals surface area contributed by atoms with E-state index in [1.165, 1.54) is 31.0 Å². The molecule has 0 aliphatic heterocycles. The Morgan fingerprint density at radius 3 is 2.60 bits per heavy atom. The number of halogens is 1. The van der Waals surface area contributed by atoms with Gasteiger partial charge in [-0.1, -0.05) is 24.4 Å². The molecule has 1 fully saturated rings. The van der Waals surface area contributed by atoms with Crippen LogP contribution in [0.25, 0.3) is 0 Å². The molecule has 6 heteroatoms. The van der Waals surface area contributed by atoms with Crippen molar-refractivity contribution < 1.29 is 14.7 Å². The maximum Gasteiger partial charge on any atom is 0.335 e. The van der Waals surface area contributed by atoms with Crippen LogP contribution in [0.3, 0.4) is 0 Å². The van der Waals surface area contributed by atoms with Crippen LogP contribution in [0.4, 0.5) is 5.69 Å². The quantitative estimate of drug-likeness (QED) is 0.780. The summed E-state index contributed by atoms with van der Waals surface area (Å²) in [6, 6.07) is 4.66. The van der Waals surface area contributed by atoms with E-state index in [4.69, 9.17) is 16.7 Å². The molecule has 0 unspecified atom stereocenters. The van der Waals surface area contributed by atoms with E-state index in [2.05, 4.69) is 10.6 Å². The molecule has 1 aromatic carbocycles. The van der Waals surface area contributed by atoms with Gasteiger partial charge in [0, 0.05) is 6.04 Å². The third-order valence-electron chi connectivity index (χ3n) is 3.40. The van der Waals surface area contributed by atoms with Gasteiger partial charge in [0.1, 0.15) is 0 Å². The monoisotopic (exact) mass is 296 g/mol. The average molecular weight is 297 g/mol. The summed E-state index contributed by atoms with van der Waals surface area (Å²) in [5.41, 5.74) is 0.520. The number of hydrogen-bond donors (Lipinski definition) is 3. The number of rotatable bonds is 5. The Balaban J connectivity index is 1.88. The number of carbonyl (C=O) groups is 2. The van der Waals surface area contributed by atoms with Gasteiger partial charge in [-0.05, 0) is 31.0 Å². The molecule has 0 aromatic heterocycles. The SMILES string of the molecule is O=C(CNC1CCCC1)Nc1ccc(C(=O)O)cc1Cl. The molecular formula is C14H17ClN2O3. The molecule has 0 heterocycles. The van der Waals surface area contributed by atoms with E-state index in [0.717, 1.165) is 12.8 Å². The molecule has 2 rings (SSSR count). The fraction of sp³-hybridized carbons (Fsp3) is 0.429. The van der Waals surface area contributed by atoms with Gasteiger partial charge in [0.2, 0.25) is 5.91 Å². The van der Waals surface area contributed by atoms with Crippen LogP contribution in [-0.2, 0) is 4.79 Å². The maximum absolute atomic E-state index is 11.8. The van der Waals surface area contributed by atoms with Gasteiger partial charge in [-0.25, -0.2) is 4.79 Å². The molecule has 1 saturated carbocycles. The Bertz CT molecular complexity index is 513. The molecule has 0 saturated heterocycles. The Kier molecular flexibility index (Phi) is 4.98. The van der Waals surface area contributed by atoms with Gasteiger partial charge >= 0.3 is 5.97 Å². The summed E-state index contributed by atoms with van der Waals surface area (Å²) in [5.74, 6) is -1.23. The molecule has 108 valence electrons. The summed E-state index contributed by atoms with van der Waals surface area (Å²) in [4.78, 5) is 22.6. The average Bonchev–Trinajstić information content (AvgIpc) is 2.91. The van der Waals surface area contributed by atoms with Crippen molar-refractivity contribution in [2.45, 2.75) is 31.7 Å². The molecule has 0 spiro atoms. The summed E-state index contributed by atoms with van der Waals surface area (Å²) in [7, 11) is 0. The van der Waals surface area contributed by atoms with E-state index in [1.54, 1.807) is 0 Å². The van der Waals surface area contributed by atoms with Gasteiger partial charge in [0.05, 0.1) is 22.8 Å². The summed E-state index contributed by atoms with van der Waals surface area (Å²) < 4.78 is 0. The second-order valence-electron chi connectivity index (χ2n) is 4.91. The standard InChI is InChI=1S/C14H17ClN2O3/c15-11-7-9(14(19)20)5-6-12(11)17-13(18)8-16-10-3-1-2-4-10/h5-7,10,16H,1-4,8H2,(H,17,18)(H,19,20). The lowest BCUT2D eigenvalue weighted by Crippen LogP contribution is -2.34. The zero-order chi connectivity index (χ0) is 14.5. The van der Waals surface area contributed by atoms with Crippen LogP contribution in [0, 0.1) is 0 Å². The summed E-state index contributed by atoms with van der Waals surface area (Å²) in [6.07, 6.45) is 4.65. The van der Waals surface area contributed by atoms with Crippen LogP contribution in [0.5, 0.6) is 0 Å². The lowest BCUT2D eigenvalue weighted by atomic mass is 10.2. The van der Waals surface area contributed by atoms with Crippen LogP contribution in [0.15, 0.2) is 18.2 Å². The molecule has 1 aliphatic carbocycles.